The van der Waals surface area contributed by atoms with E-state index in [0.717, 1.165) is 11.8 Å². The standard InChI is InChI=1S/C25H26Cl2N4O3S/c1-16-22(24(32)29-25(2,3)4)30-31(23(16)18-9-11-19(26)12-10-18)21-13-8-17(15-20(21)27)7-6-14-28-35(5,33)34/h8-13,15,28H,14H2,1-5H3,(H,29,32). The molecular weight excluding hydrogens is 507 g/mol. The van der Waals surface area contributed by atoms with Gasteiger partial charge in [-0.3, -0.25) is 4.79 Å². The number of carbonyl (C=O) groups excluding carboxylic acids is 1. The van der Waals surface area contributed by atoms with E-state index in [-0.39, 0.29) is 18.1 Å². The first kappa shape index (κ1) is 26.8. The summed E-state index contributed by atoms with van der Waals surface area (Å²) in [5.41, 5.74) is 3.25. The number of halogens is 2. The summed E-state index contributed by atoms with van der Waals surface area (Å²) in [6, 6.07) is 12.4. The van der Waals surface area contributed by atoms with Gasteiger partial charge in [-0.1, -0.05) is 47.2 Å². The summed E-state index contributed by atoms with van der Waals surface area (Å²) < 4.78 is 26.3. The number of amides is 1. The molecule has 184 valence electrons. The molecule has 0 unspecified atom stereocenters. The lowest BCUT2D eigenvalue weighted by Gasteiger charge is -2.19. The minimum Gasteiger partial charge on any atom is -0.346 e. The Hall–Kier alpha value is -2.83. The number of hydrogen-bond acceptors (Lipinski definition) is 4. The Morgan fingerprint density at radius 2 is 1.77 bits per heavy atom. The van der Waals surface area contributed by atoms with E-state index in [0.29, 0.717) is 32.6 Å². The van der Waals surface area contributed by atoms with Gasteiger partial charge in [-0.2, -0.15) is 5.10 Å². The average Bonchev–Trinajstić information content (AvgIpc) is 3.07. The summed E-state index contributed by atoms with van der Waals surface area (Å²) in [6.07, 6.45) is 1.07. The molecule has 2 aromatic carbocycles. The molecular formula is C25H26Cl2N4O3S. The molecule has 0 bridgehead atoms. The molecule has 0 fully saturated rings. The van der Waals surface area contributed by atoms with Crippen LogP contribution in [0.1, 0.15) is 42.4 Å². The molecule has 0 aliphatic heterocycles. The molecule has 7 nitrogen and oxygen atoms in total. The second-order valence-corrected chi connectivity index (χ2v) is 11.7. The molecule has 35 heavy (non-hydrogen) atoms. The SMILES string of the molecule is Cc1c(C(=O)NC(C)(C)C)nn(-c2ccc(C#CCNS(C)(=O)=O)cc2Cl)c1-c1ccc(Cl)cc1. The van der Waals surface area contributed by atoms with E-state index >= 15 is 0 Å². The van der Waals surface area contributed by atoms with E-state index in [2.05, 4.69) is 27.0 Å². The molecule has 0 spiro atoms. The number of nitrogens with one attached hydrogen (secondary N) is 2. The normalized spacial score (nSPS) is 11.6. The van der Waals surface area contributed by atoms with Crippen LogP contribution in [0.4, 0.5) is 0 Å². The largest absolute Gasteiger partial charge is 0.346 e. The fourth-order valence-corrected chi connectivity index (χ4v) is 4.02. The molecule has 0 saturated carbocycles. The van der Waals surface area contributed by atoms with E-state index in [1.165, 1.54) is 0 Å². The molecule has 3 aromatic rings. The van der Waals surface area contributed by atoms with Gasteiger partial charge in [0, 0.05) is 27.3 Å². The predicted molar refractivity (Wildman–Crippen MR) is 141 cm³/mol. The molecule has 2 N–H and O–H groups in total. The zero-order valence-electron chi connectivity index (χ0n) is 20.0. The Labute approximate surface area is 215 Å². The first-order valence-electron chi connectivity index (χ1n) is 10.7. The second kappa shape index (κ2) is 10.4. The average molecular weight is 533 g/mol. The first-order valence-corrected chi connectivity index (χ1v) is 13.3. The van der Waals surface area contributed by atoms with Crippen molar-refractivity contribution in [3.8, 4) is 28.8 Å². The quantitative estimate of drug-likeness (QED) is 0.470. The molecule has 1 amide bonds. The second-order valence-electron chi connectivity index (χ2n) is 9.01. The van der Waals surface area contributed by atoms with Crippen LogP contribution >= 0.6 is 23.2 Å². The lowest BCUT2D eigenvalue weighted by molar-refractivity contribution is 0.0913. The van der Waals surface area contributed by atoms with Crippen molar-refractivity contribution in [2.45, 2.75) is 33.2 Å². The first-order chi connectivity index (χ1) is 16.2. The number of benzene rings is 2. The van der Waals surface area contributed by atoms with Gasteiger partial charge in [-0.15, -0.1) is 0 Å². The van der Waals surface area contributed by atoms with E-state index in [1.54, 1.807) is 35.0 Å². The maximum Gasteiger partial charge on any atom is 0.272 e. The highest BCUT2D eigenvalue weighted by Crippen LogP contribution is 2.32. The summed E-state index contributed by atoms with van der Waals surface area (Å²) >= 11 is 12.7. The monoisotopic (exact) mass is 532 g/mol. The molecule has 0 atom stereocenters. The van der Waals surface area contributed by atoms with Crippen molar-refractivity contribution in [3.63, 3.8) is 0 Å². The number of carbonyl (C=O) groups is 1. The molecule has 3 rings (SSSR count). The van der Waals surface area contributed by atoms with Crippen molar-refractivity contribution in [2.24, 2.45) is 0 Å². The zero-order chi connectivity index (χ0) is 26.0. The Bertz CT molecular complexity index is 1430. The van der Waals surface area contributed by atoms with E-state index in [9.17, 15) is 13.2 Å². The lowest BCUT2D eigenvalue weighted by Crippen LogP contribution is -2.41. The van der Waals surface area contributed by atoms with Gasteiger partial charge < -0.3 is 5.32 Å². The van der Waals surface area contributed by atoms with Crippen molar-refractivity contribution >= 4 is 39.1 Å². The van der Waals surface area contributed by atoms with Crippen molar-refractivity contribution in [2.75, 3.05) is 12.8 Å². The van der Waals surface area contributed by atoms with Gasteiger partial charge in [-0.05, 0) is 58.0 Å². The van der Waals surface area contributed by atoms with E-state index in [1.807, 2.05) is 39.8 Å². The Morgan fingerprint density at radius 3 is 2.34 bits per heavy atom. The maximum absolute atomic E-state index is 13.0. The highest BCUT2D eigenvalue weighted by atomic mass is 35.5. The fourth-order valence-electron chi connectivity index (χ4n) is 3.30. The van der Waals surface area contributed by atoms with Crippen LogP contribution in [0.5, 0.6) is 0 Å². The highest BCUT2D eigenvalue weighted by Gasteiger charge is 2.25. The van der Waals surface area contributed by atoms with Gasteiger partial charge in [0.05, 0.1) is 29.2 Å². The molecule has 0 aliphatic rings. The number of hydrogen-bond donors (Lipinski definition) is 2. The topological polar surface area (TPSA) is 93.1 Å². The van der Waals surface area contributed by atoms with Gasteiger partial charge >= 0.3 is 0 Å². The van der Waals surface area contributed by atoms with Crippen LogP contribution in [0, 0.1) is 18.8 Å². The summed E-state index contributed by atoms with van der Waals surface area (Å²) in [4.78, 5) is 13.0. The van der Waals surface area contributed by atoms with Gasteiger partial charge in [0.15, 0.2) is 5.69 Å². The molecule has 0 aliphatic carbocycles. The van der Waals surface area contributed by atoms with Crippen molar-refractivity contribution < 1.29 is 13.2 Å². The molecule has 0 radical (unpaired) electrons. The summed E-state index contributed by atoms with van der Waals surface area (Å²) in [5.74, 6) is 5.34. The smallest absolute Gasteiger partial charge is 0.272 e. The number of sulfonamides is 1. The highest BCUT2D eigenvalue weighted by molar-refractivity contribution is 7.88. The fraction of sp³-hybridized carbons (Fsp3) is 0.280. The summed E-state index contributed by atoms with van der Waals surface area (Å²) in [5, 5.41) is 8.55. The number of nitrogens with zero attached hydrogens (tertiary/aromatic N) is 2. The minimum absolute atomic E-state index is 0.0104. The van der Waals surface area contributed by atoms with Gasteiger partial charge in [0.25, 0.3) is 5.91 Å². The van der Waals surface area contributed by atoms with Crippen molar-refractivity contribution in [1.29, 1.82) is 0 Å². The third kappa shape index (κ3) is 7.09. The minimum atomic E-state index is -3.31. The van der Waals surface area contributed by atoms with Crippen LogP contribution in [0.2, 0.25) is 10.0 Å². The predicted octanol–water partition coefficient (Wildman–Crippen LogP) is 4.58. The molecule has 1 aromatic heterocycles. The molecule has 0 saturated heterocycles. The number of aromatic nitrogens is 2. The summed E-state index contributed by atoms with van der Waals surface area (Å²) in [6.45, 7) is 7.54. The van der Waals surface area contributed by atoms with Crippen LogP contribution in [0.15, 0.2) is 42.5 Å². The molecule has 1 heterocycles. The third-order valence-corrected chi connectivity index (χ3v) is 6.00. The lowest BCUT2D eigenvalue weighted by atomic mass is 10.0. The summed E-state index contributed by atoms with van der Waals surface area (Å²) in [7, 11) is -3.31. The van der Waals surface area contributed by atoms with Crippen molar-refractivity contribution in [3.05, 3.63) is 69.3 Å². The third-order valence-electron chi connectivity index (χ3n) is 4.77. The van der Waals surface area contributed by atoms with Crippen LogP contribution in [0.25, 0.3) is 16.9 Å². The van der Waals surface area contributed by atoms with Crippen molar-refractivity contribution in [1.82, 2.24) is 19.8 Å². The van der Waals surface area contributed by atoms with Crippen LogP contribution in [-0.2, 0) is 10.0 Å². The Kier molecular flexibility index (Phi) is 7.97. The van der Waals surface area contributed by atoms with E-state index < -0.39 is 15.6 Å². The zero-order valence-corrected chi connectivity index (χ0v) is 22.4. The van der Waals surface area contributed by atoms with Gasteiger partial charge in [0.2, 0.25) is 10.0 Å². The van der Waals surface area contributed by atoms with Crippen LogP contribution < -0.4 is 10.0 Å². The molecule has 10 heteroatoms. The van der Waals surface area contributed by atoms with Gasteiger partial charge in [-0.25, -0.2) is 17.8 Å². The number of rotatable bonds is 5. The van der Waals surface area contributed by atoms with Crippen LogP contribution in [-0.4, -0.2) is 42.4 Å². The Morgan fingerprint density at radius 1 is 1.11 bits per heavy atom. The van der Waals surface area contributed by atoms with E-state index in [4.69, 9.17) is 23.2 Å². The van der Waals surface area contributed by atoms with Crippen LogP contribution in [0.3, 0.4) is 0 Å². The maximum atomic E-state index is 13.0. The van der Waals surface area contributed by atoms with Gasteiger partial charge in [0.1, 0.15) is 0 Å². The Balaban J connectivity index is 2.07.